The van der Waals surface area contributed by atoms with Gasteiger partial charge >= 0.3 is 5.97 Å². The van der Waals surface area contributed by atoms with Crippen molar-refractivity contribution in [3.63, 3.8) is 0 Å². The van der Waals surface area contributed by atoms with Crippen LogP contribution in [0.4, 0.5) is 0 Å². The van der Waals surface area contributed by atoms with E-state index >= 15 is 0 Å². The molecule has 0 aliphatic heterocycles. The molecule has 0 aromatic heterocycles. The standard InChI is InChI=1S/C14H21ClN2O2/c1-16(2)8-9-17(7-6-14(18)19)11-12-4-3-5-13(15)10-12/h3-5,10H,6-9,11H2,1-2H3,(H,18,19). The van der Waals surface area contributed by atoms with Gasteiger partial charge in [0.05, 0.1) is 6.42 Å². The molecule has 0 bridgehead atoms. The van der Waals surface area contributed by atoms with Crippen LogP contribution in [0.5, 0.6) is 0 Å². The van der Waals surface area contributed by atoms with Crippen molar-refractivity contribution in [2.75, 3.05) is 33.7 Å². The van der Waals surface area contributed by atoms with E-state index in [1.807, 2.05) is 38.4 Å². The predicted octanol–water partition coefficient (Wildman–Crippen LogP) is 2.18. The van der Waals surface area contributed by atoms with Gasteiger partial charge < -0.3 is 10.0 Å². The molecule has 0 amide bonds. The Balaban J connectivity index is 2.58. The third-order valence-corrected chi connectivity index (χ3v) is 3.04. The molecule has 106 valence electrons. The number of likely N-dealkylation sites (N-methyl/N-ethyl adjacent to an activating group) is 1. The zero-order chi connectivity index (χ0) is 14.3. The maximum Gasteiger partial charge on any atom is 0.304 e. The molecule has 1 aromatic carbocycles. The highest BCUT2D eigenvalue weighted by atomic mass is 35.5. The number of benzene rings is 1. The lowest BCUT2D eigenvalue weighted by molar-refractivity contribution is -0.137. The molecule has 0 spiro atoms. The molecule has 19 heavy (non-hydrogen) atoms. The van der Waals surface area contributed by atoms with Crippen LogP contribution >= 0.6 is 11.6 Å². The number of hydrogen-bond donors (Lipinski definition) is 1. The molecule has 5 heteroatoms. The third kappa shape index (κ3) is 7.15. The Labute approximate surface area is 119 Å². The van der Waals surface area contributed by atoms with Gasteiger partial charge in [0.2, 0.25) is 0 Å². The molecule has 0 saturated heterocycles. The van der Waals surface area contributed by atoms with Crippen LogP contribution in [0.1, 0.15) is 12.0 Å². The van der Waals surface area contributed by atoms with Crippen LogP contribution in [-0.2, 0) is 11.3 Å². The second kappa shape index (κ2) is 8.15. The van der Waals surface area contributed by atoms with Crippen molar-refractivity contribution in [3.05, 3.63) is 34.9 Å². The van der Waals surface area contributed by atoms with Gasteiger partial charge in [0.1, 0.15) is 0 Å². The van der Waals surface area contributed by atoms with Crippen LogP contribution in [0.15, 0.2) is 24.3 Å². The summed E-state index contributed by atoms with van der Waals surface area (Å²) >= 11 is 5.96. The van der Waals surface area contributed by atoms with Crippen molar-refractivity contribution >= 4 is 17.6 Å². The molecule has 4 nitrogen and oxygen atoms in total. The van der Waals surface area contributed by atoms with Gasteiger partial charge in [-0.05, 0) is 31.8 Å². The molecule has 1 N–H and O–H groups in total. The van der Waals surface area contributed by atoms with E-state index in [-0.39, 0.29) is 6.42 Å². The van der Waals surface area contributed by atoms with Crippen LogP contribution in [0.25, 0.3) is 0 Å². The second-order valence-electron chi connectivity index (χ2n) is 4.85. The molecule has 0 atom stereocenters. The van der Waals surface area contributed by atoms with E-state index in [1.54, 1.807) is 0 Å². The van der Waals surface area contributed by atoms with E-state index in [4.69, 9.17) is 16.7 Å². The zero-order valence-corrected chi connectivity index (χ0v) is 12.2. The molecular formula is C14H21ClN2O2. The summed E-state index contributed by atoms with van der Waals surface area (Å²) in [5.41, 5.74) is 1.11. The highest BCUT2D eigenvalue weighted by molar-refractivity contribution is 6.30. The first-order valence-corrected chi connectivity index (χ1v) is 6.68. The minimum Gasteiger partial charge on any atom is -0.481 e. The number of carbonyl (C=O) groups is 1. The minimum absolute atomic E-state index is 0.161. The summed E-state index contributed by atoms with van der Waals surface area (Å²) in [4.78, 5) is 14.9. The molecule has 0 aliphatic rings. The van der Waals surface area contributed by atoms with E-state index in [1.165, 1.54) is 0 Å². The number of rotatable bonds is 8. The smallest absolute Gasteiger partial charge is 0.304 e. The van der Waals surface area contributed by atoms with Gasteiger partial charge in [0, 0.05) is 31.2 Å². The Morgan fingerprint density at radius 2 is 2.00 bits per heavy atom. The lowest BCUT2D eigenvalue weighted by atomic mass is 10.2. The molecule has 1 aromatic rings. The molecule has 0 heterocycles. The lowest BCUT2D eigenvalue weighted by Gasteiger charge is -2.23. The molecule has 0 fully saturated rings. The minimum atomic E-state index is -0.763. The summed E-state index contributed by atoms with van der Waals surface area (Å²) < 4.78 is 0. The van der Waals surface area contributed by atoms with E-state index < -0.39 is 5.97 Å². The van der Waals surface area contributed by atoms with Crippen LogP contribution in [0.2, 0.25) is 5.02 Å². The topological polar surface area (TPSA) is 43.8 Å². The highest BCUT2D eigenvalue weighted by Crippen LogP contribution is 2.12. The second-order valence-corrected chi connectivity index (χ2v) is 5.29. The summed E-state index contributed by atoms with van der Waals surface area (Å²) in [7, 11) is 4.02. The Bertz CT molecular complexity index is 410. The van der Waals surface area contributed by atoms with Gasteiger partial charge in [0.15, 0.2) is 0 Å². The van der Waals surface area contributed by atoms with E-state index in [2.05, 4.69) is 9.80 Å². The normalized spacial score (nSPS) is 11.2. The maximum absolute atomic E-state index is 10.7. The van der Waals surface area contributed by atoms with Crippen LogP contribution in [0.3, 0.4) is 0 Å². The summed E-state index contributed by atoms with van der Waals surface area (Å²) in [6.45, 7) is 3.02. The van der Waals surface area contributed by atoms with Crippen LogP contribution in [-0.4, -0.2) is 54.6 Å². The van der Waals surface area contributed by atoms with Gasteiger partial charge in [-0.15, -0.1) is 0 Å². The lowest BCUT2D eigenvalue weighted by Crippen LogP contribution is -2.33. The van der Waals surface area contributed by atoms with E-state index in [0.717, 1.165) is 25.2 Å². The SMILES string of the molecule is CN(C)CCN(CCC(=O)O)Cc1cccc(Cl)c1. The quantitative estimate of drug-likeness (QED) is 0.795. The summed E-state index contributed by atoms with van der Waals surface area (Å²) in [5, 5.41) is 9.50. The molecule has 0 aliphatic carbocycles. The largest absolute Gasteiger partial charge is 0.481 e. The van der Waals surface area contributed by atoms with Gasteiger partial charge in [-0.3, -0.25) is 9.69 Å². The average Bonchev–Trinajstić information content (AvgIpc) is 2.32. The predicted molar refractivity (Wildman–Crippen MR) is 77.5 cm³/mol. The van der Waals surface area contributed by atoms with E-state index in [9.17, 15) is 4.79 Å². The summed E-state index contributed by atoms with van der Waals surface area (Å²) in [5.74, 6) is -0.763. The van der Waals surface area contributed by atoms with E-state index in [0.29, 0.717) is 11.6 Å². The van der Waals surface area contributed by atoms with Crippen molar-refractivity contribution in [3.8, 4) is 0 Å². The van der Waals surface area contributed by atoms with Crippen molar-refractivity contribution in [2.24, 2.45) is 0 Å². The van der Waals surface area contributed by atoms with Gasteiger partial charge in [-0.1, -0.05) is 23.7 Å². The van der Waals surface area contributed by atoms with Crippen LogP contribution in [0, 0.1) is 0 Å². The van der Waals surface area contributed by atoms with Gasteiger partial charge in [-0.25, -0.2) is 0 Å². The van der Waals surface area contributed by atoms with Gasteiger partial charge in [0.25, 0.3) is 0 Å². The Morgan fingerprint density at radius 1 is 1.26 bits per heavy atom. The number of aliphatic carboxylic acids is 1. The summed E-state index contributed by atoms with van der Waals surface area (Å²) in [6.07, 6.45) is 0.161. The van der Waals surface area contributed by atoms with Gasteiger partial charge in [-0.2, -0.15) is 0 Å². The van der Waals surface area contributed by atoms with Crippen LogP contribution < -0.4 is 0 Å². The third-order valence-electron chi connectivity index (χ3n) is 2.80. The molecule has 0 saturated carbocycles. The van der Waals surface area contributed by atoms with Crippen molar-refractivity contribution in [1.29, 1.82) is 0 Å². The first kappa shape index (κ1) is 16.0. The first-order valence-electron chi connectivity index (χ1n) is 6.30. The van der Waals surface area contributed by atoms with Crippen molar-refractivity contribution in [2.45, 2.75) is 13.0 Å². The number of halogens is 1. The number of carboxylic acids is 1. The highest BCUT2D eigenvalue weighted by Gasteiger charge is 2.09. The van der Waals surface area contributed by atoms with Crippen molar-refractivity contribution < 1.29 is 9.90 Å². The molecular weight excluding hydrogens is 264 g/mol. The zero-order valence-electron chi connectivity index (χ0n) is 11.5. The van der Waals surface area contributed by atoms with Crippen molar-refractivity contribution in [1.82, 2.24) is 9.80 Å². The average molecular weight is 285 g/mol. The fourth-order valence-electron chi connectivity index (χ4n) is 1.76. The Morgan fingerprint density at radius 3 is 2.58 bits per heavy atom. The summed E-state index contributed by atoms with van der Waals surface area (Å²) in [6, 6.07) is 7.69. The Kier molecular flexibility index (Phi) is 6.84. The monoisotopic (exact) mass is 284 g/mol. The number of carboxylic acid groups (broad SMARTS) is 1. The molecule has 1 rings (SSSR count). The maximum atomic E-state index is 10.7. The molecule has 0 radical (unpaired) electrons. The Hall–Kier alpha value is -1.10. The molecule has 0 unspecified atom stereocenters. The first-order chi connectivity index (χ1) is 8.97. The fourth-order valence-corrected chi connectivity index (χ4v) is 1.97. The number of hydrogen-bond acceptors (Lipinski definition) is 3. The fraction of sp³-hybridized carbons (Fsp3) is 0.500. The number of nitrogens with zero attached hydrogens (tertiary/aromatic N) is 2.